The molecule has 1 fully saturated rings. The maximum absolute atomic E-state index is 13.5. The van der Waals surface area contributed by atoms with Crippen molar-refractivity contribution in [3.8, 4) is 0 Å². The molecule has 3 N–H and O–H groups in total. The number of rotatable bonds is 4. The van der Waals surface area contributed by atoms with E-state index in [1.54, 1.807) is 0 Å². The second-order valence-electron chi connectivity index (χ2n) is 7.04. The minimum atomic E-state index is -4.75. The van der Waals surface area contributed by atoms with Gasteiger partial charge in [-0.1, -0.05) is 12.1 Å². The van der Waals surface area contributed by atoms with Crippen LogP contribution in [-0.2, 0) is 16.2 Å². The summed E-state index contributed by atoms with van der Waals surface area (Å²) >= 11 is 0. The van der Waals surface area contributed by atoms with Gasteiger partial charge in [0.05, 0.1) is 16.6 Å². The fraction of sp³-hybridized carbons (Fsp3) is 0.368. The van der Waals surface area contributed by atoms with Crippen LogP contribution in [0.4, 0.5) is 23.2 Å². The van der Waals surface area contributed by atoms with Crippen LogP contribution < -0.4 is 10.0 Å². The lowest BCUT2D eigenvalue weighted by Crippen LogP contribution is -2.36. The van der Waals surface area contributed by atoms with Gasteiger partial charge in [0.15, 0.2) is 0 Å². The monoisotopic (exact) mass is 432 g/mol. The number of aliphatic hydroxyl groups excluding tert-OH is 1. The summed E-state index contributed by atoms with van der Waals surface area (Å²) in [5.41, 5.74) is -0.639. The standard InChI is InChI=1S/C19H20F4N2O3S/c20-14-3-1-12(2-4-14)18(26)13-7-9-25(10-8-13)17-6-5-15(29(24,27)28)11-16(17)19(21,22)23/h1-6,11,13,18,26H,7-10H2,(H2,24,27,28). The number of alkyl halides is 3. The number of nitrogens with two attached hydrogens (primary N) is 1. The summed E-state index contributed by atoms with van der Waals surface area (Å²) in [6.45, 7) is 0.501. The van der Waals surface area contributed by atoms with Crippen molar-refractivity contribution in [2.24, 2.45) is 11.1 Å². The third-order valence-corrected chi connectivity index (χ3v) is 6.05. The Morgan fingerprint density at radius 3 is 2.17 bits per heavy atom. The molecular formula is C19H20F4N2O3S. The number of hydrogen-bond acceptors (Lipinski definition) is 4. The molecule has 0 radical (unpaired) electrons. The highest BCUT2D eigenvalue weighted by Gasteiger charge is 2.37. The van der Waals surface area contributed by atoms with Crippen molar-refractivity contribution in [3.63, 3.8) is 0 Å². The Labute approximate surface area is 165 Å². The van der Waals surface area contributed by atoms with E-state index in [1.165, 1.54) is 29.2 Å². The maximum Gasteiger partial charge on any atom is 0.418 e. The van der Waals surface area contributed by atoms with Crippen LogP contribution in [0.1, 0.15) is 30.1 Å². The van der Waals surface area contributed by atoms with Gasteiger partial charge in [-0.25, -0.2) is 17.9 Å². The molecule has 3 rings (SSSR count). The largest absolute Gasteiger partial charge is 0.418 e. The van der Waals surface area contributed by atoms with Crippen molar-refractivity contribution in [1.29, 1.82) is 0 Å². The van der Waals surface area contributed by atoms with Crippen molar-refractivity contribution in [2.75, 3.05) is 18.0 Å². The zero-order valence-electron chi connectivity index (χ0n) is 15.2. The quantitative estimate of drug-likeness (QED) is 0.725. The average Bonchev–Trinajstić information content (AvgIpc) is 2.66. The molecule has 10 heteroatoms. The summed E-state index contributed by atoms with van der Waals surface area (Å²) in [6.07, 6.45) is -4.75. The number of nitrogens with zero attached hydrogens (tertiary/aromatic N) is 1. The van der Waals surface area contributed by atoms with Gasteiger partial charge in [0.1, 0.15) is 5.82 Å². The van der Waals surface area contributed by atoms with Crippen LogP contribution in [0.5, 0.6) is 0 Å². The topological polar surface area (TPSA) is 83.6 Å². The van der Waals surface area contributed by atoms with E-state index >= 15 is 0 Å². The summed E-state index contributed by atoms with van der Waals surface area (Å²) in [4.78, 5) is 0.916. The lowest BCUT2D eigenvalue weighted by molar-refractivity contribution is -0.137. The molecule has 2 aromatic rings. The van der Waals surface area contributed by atoms with Crippen LogP contribution in [0, 0.1) is 11.7 Å². The highest BCUT2D eigenvalue weighted by molar-refractivity contribution is 7.89. The molecule has 0 spiro atoms. The maximum atomic E-state index is 13.5. The van der Waals surface area contributed by atoms with E-state index in [0.29, 0.717) is 24.5 Å². The third-order valence-electron chi connectivity index (χ3n) is 5.14. The first-order valence-corrected chi connectivity index (χ1v) is 10.4. The third kappa shape index (κ3) is 4.88. The van der Waals surface area contributed by atoms with Crippen molar-refractivity contribution in [1.82, 2.24) is 0 Å². The summed E-state index contributed by atoms with van der Waals surface area (Å²) in [5.74, 6) is -0.604. The molecule has 0 bridgehead atoms. The average molecular weight is 432 g/mol. The van der Waals surface area contributed by atoms with Gasteiger partial charge >= 0.3 is 6.18 Å². The Morgan fingerprint density at radius 2 is 1.66 bits per heavy atom. The van der Waals surface area contributed by atoms with Crippen molar-refractivity contribution >= 4 is 15.7 Å². The van der Waals surface area contributed by atoms with Gasteiger partial charge in [0, 0.05) is 18.8 Å². The number of sulfonamides is 1. The SMILES string of the molecule is NS(=O)(=O)c1ccc(N2CCC(C(O)c3ccc(F)cc3)CC2)c(C(F)(F)F)c1. The molecule has 5 nitrogen and oxygen atoms in total. The Kier molecular flexibility index (Phi) is 5.88. The second-order valence-corrected chi connectivity index (χ2v) is 8.60. The van der Waals surface area contributed by atoms with Gasteiger partial charge in [-0.2, -0.15) is 13.2 Å². The summed E-state index contributed by atoms with van der Waals surface area (Å²) < 4.78 is 76.4. The number of aliphatic hydroxyl groups is 1. The summed E-state index contributed by atoms with van der Waals surface area (Å²) in [6, 6.07) is 8.18. The van der Waals surface area contributed by atoms with Crippen LogP contribution in [0.3, 0.4) is 0 Å². The van der Waals surface area contributed by atoms with Crippen LogP contribution in [0.15, 0.2) is 47.4 Å². The van der Waals surface area contributed by atoms with Gasteiger partial charge < -0.3 is 10.0 Å². The smallest absolute Gasteiger partial charge is 0.388 e. The molecule has 0 aliphatic carbocycles. The highest BCUT2D eigenvalue weighted by atomic mass is 32.2. The van der Waals surface area contributed by atoms with Crippen molar-refractivity contribution in [3.05, 3.63) is 59.4 Å². The predicted molar refractivity (Wildman–Crippen MR) is 99.1 cm³/mol. The van der Waals surface area contributed by atoms with Crippen LogP contribution in [0.25, 0.3) is 0 Å². The van der Waals surface area contributed by atoms with Crippen LogP contribution in [-0.4, -0.2) is 26.6 Å². The van der Waals surface area contributed by atoms with E-state index < -0.39 is 38.6 Å². The minimum Gasteiger partial charge on any atom is -0.388 e. The Morgan fingerprint density at radius 1 is 1.07 bits per heavy atom. The Bertz CT molecular complexity index is 970. The van der Waals surface area contributed by atoms with E-state index in [-0.39, 0.29) is 24.7 Å². The first kappa shape index (κ1) is 21.5. The first-order valence-electron chi connectivity index (χ1n) is 8.89. The van der Waals surface area contributed by atoms with Gasteiger partial charge in [-0.05, 0) is 54.7 Å². The lowest BCUT2D eigenvalue weighted by atomic mass is 9.87. The van der Waals surface area contributed by atoms with E-state index in [1.807, 2.05) is 0 Å². The Balaban J connectivity index is 1.79. The zero-order valence-corrected chi connectivity index (χ0v) is 16.0. The van der Waals surface area contributed by atoms with Crippen molar-refractivity contribution in [2.45, 2.75) is 30.0 Å². The number of anilines is 1. The fourth-order valence-electron chi connectivity index (χ4n) is 3.58. The molecule has 0 aromatic heterocycles. The number of primary sulfonamides is 1. The molecule has 158 valence electrons. The van der Waals surface area contributed by atoms with Crippen molar-refractivity contribution < 1.29 is 31.1 Å². The molecule has 0 saturated carbocycles. The second kappa shape index (κ2) is 7.92. The summed E-state index contributed by atoms with van der Waals surface area (Å²) in [7, 11) is -4.27. The molecule has 29 heavy (non-hydrogen) atoms. The van der Waals surface area contributed by atoms with E-state index in [2.05, 4.69) is 0 Å². The molecular weight excluding hydrogens is 412 g/mol. The fourth-order valence-corrected chi connectivity index (χ4v) is 4.12. The molecule has 1 heterocycles. The number of benzene rings is 2. The van der Waals surface area contributed by atoms with Gasteiger partial charge in [0.25, 0.3) is 0 Å². The molecule has 1 unspecified atom stereocenters. The molecule has 0 amide bonds. The van der Waals surface area contributed by atoms with Gasteiger partial charge in [0.2, 0.25) is 10.0 Å². The predicted octanol–water partition coefficient (Wildman–Crippen LogP) is 3.44. The van der Waals surface area contributed by atoms with Crippen LogP contribution in [0.2, 0.25) is 0 Å². The summed E-state index contributed by atoms with van der Waals surface area (Å²) in [5, 5.41) is 15.5. The molecule has 1 aliphatic rings. The van der Waals surface area contributed by atoms with E-state index in [4.69, 9.17) is 5.14 Å². The molecule has 1 saturated heterocycles. The molecule has 1 atom stereocenters. The Hall–Kier alpha value is -2.17. The first-order chi connectivity index (χ1) is 13.5. The number of hydrogen-bond donors (Lipinski definition) is 2. The van der Waals surface area contributed by atoms with Gasteiger partial charge in [-0.15, -0.1) is 0 Å². The number of halogens is 4. The number of piperidine rings is 1. The minimum absolute atomic E-state index is 0.125. The highest BCUT2D eigenvalue weighted by Crippen LogP contribution is 2.40. The zero-order chi connectivity index (χ0) is 21.4. The normalized spacial score (nSPS) is 17.4. The van der Waals surface area contributed by atoms with E-state index in [0.717, 1.165) is 12.1 Å². The van der Waals surface area contributed by atoms with E-state index in [9.17, 15) is 31.1 Å². The molecule has 1 aliphatic heterocycles. The molecule has 2 aromatic carbocycles. The lowest BCUT2D eigenvalue weighted by Gasteiger charge is -2.37. The van der Waals surface area contributed by atoms with Gasteiger partial charge in [-0.3, -0.25) is 0 Å². The van der Waals surface area contributed by atoms with Crippen LogP contribution >= 0.6 is 0 Å².